The van der Waals surface area contributed by atoms with Gasteiger partial charge in [0.1, 0.15) is 11.8 Å². The second-order valence-electron chi connectivity index (χ2n) is 8.27. The van der Waals surface area contributed by atoms with Gasteiger partial charge in [-0.25, -0.2) is 4.98 Å². The summed E-state index contributed by atoms with van der Waals surface area (Å²) in [5, 5.41) is 20.3. The second-order valence-corrected chi connectivity index (χ2v) is 10.1. The number of halogens is 2. The average Bonchev–Trinajstić information content (AvgIpc) is 3.60. The normalized spacial score (nSPS) is 11.0. The number of aromatic nitrogens is 3. The number of nitrogens with one attached hydrogen (secondary N) is 3. The van der Waals surface area contributed by atoms with E-state index in [0.29, 0.717) is 32.7 Å². The third kappa shape index (κ3) is 5.55. The highest BCUT2D eigenvalue weighted by Gasteiger charge is 2.14. The lowest BCUT2D eigenvalue weighted by atomic mass is 10.0. The third-order valence-corrected chi connectivity index (χ3v) is 7.43. The van der Waals surface area contributed by atoms with E-state index in [2.05, 4.69) is 43.1 Å². The maximum Gasteiger partial charge on any atom is 0.139 e. The maximum atomic E-state index is 9.73. The van der Waals surface area contributed by atoms with Crippen molar-refractivity contribution in [1.82, 2.24) is 20.3 Å². The number of benzene rings is 2. The standard InChI is InChI=1S/C27H22Cl2N6OS/c1-36-26-9-25(22(28)8-23(26)29)35-27-18(10-30)11-33-24-7-16(2-3-21(24)27)17-6-20(37-14-17)13-31-5-4-19-12-32-15-34-19/h2-3,6-9,11-12,14-15,31H,4-5,13H2,1H3,(H,32,34)(H,33,35). The Hall–Kier alpha value is -3.61. The summed E-state index contributed by atoms with van der Waals surface area (Å²) in [7, 11) is 1.54. The minimum absolute atomic E-state index is 0.406. The molecule has 0 amide bonds. The summed E-state index contributed by atoms with van der Waals surface area (Å²) in [6, 6.07) is 13.8. The molecule has 5 rings (SSSR count). The molecular weight excluding hydrogens is 527 g/mol. The van der Waals surface area contributed by atoms with E-state index in [1.54, 1.807) is 36.0 Å². The van der Waals surface area contributed by atoms with E-state index < -0.39 is 0 Å². The van der Waals surface area contributed by atoms with Crippen molar-refractivity contribution in [3.8, 4) is 22.9 Å². The van der Waals surface area contributed by atoms with Crippen molar-refractivity contribution in [3.63, 3.8) is 0 Å². The number of rotatable bonds is 9. The second kappa shape index (κ2) is 11.2. The summed E-state index contributed by atoms with van der Waals surface area (Å²) >= 11 is 14.3. The van der Waals surface area contributed by atoms with Crippen LogP contribution in [0.1, 0.15) is 16.1 Å². The molecule has 3 N–H and O–H groups in total. The Bertz CT molecular complexity index is 1590. The van der Waals surface area contributed by atoms with Gasteiger partial charge < -0.3 is 20.4 Å². The summed E-state index contributed by atoms with van der Waals surface area (Å²) in [4.78, 5) is 13.0. The molecule has 0 radical (unpaired) electrons. The van der Waals surface area contributed by atoms with Crippen LogP contribution in [0.25, 0.3) is 22.0 Å². The average molecular weight is 549 g/mol. The molecule has 0 fully saturated rings. The van der Waals surface area contributed by atoms with Gasteiger partial charge in [-0.2, -0.15) is 5.26 Å². The molecule has 37 heavy (non-hydrogen) atoms. The molecule has 7 nitrogen and oxygen atoms in total. The Morgan fingerprint density at radius 1 is 1.11 bits per heavy atom. The zero-order valence-electron chi connectivity index (χ0n) is 19.8. The molecule has 0 aliphatic heterocycles. The molecule has 0 bridgehead atoms. The van der Waals surface area contributed by atoms with Crippen LogP contribution in [0.5, 0.6) is 5.75 Å². The summed E-state index contributed by atoms with van der Waals surface area (Å²) in [6.07, 6.45) is 6.06. The fraction of sp³-hybridized carbons (Fsp3) is 0.148. The molecule has 5 aromatic rings. The van der Waals surface area contributed by atoms with Crippen LogP contribution in [0.2, 0.25) is 10.0 Å². The molecule has 3 heterocycles. The van der Waals surface area contributed by atoms with Gasteiger partial charge in [0.05, 0.1) is 51.6 Å². The van der Waals surface area contributed by atoms with Gasteiger partial charge in [-0.1, -0.05) is 35.3 Å². The molecule has 0 aliphatic rings. The maximum absolute atomic E-state index is 9.73. The van der Waals surface area contributed by atoms with Gasteiger partial charge in [0, 0.05) is 48.2 Å². The monoisotopic (exact) mass is 548 g/mol. The van der Waals surface area contributed by atoms with Gasteiger partial charge in [0.15, 0.2) is 0 Å². The van der Waals surface area contributed by atoms with Crippen molar-refractivity contribution in [2.75, 3.05) is 19.0 Å². The van der Waals surface area contributed by atoms with Crippen LogP contribution < -0.4 is 15.4 Å². The number of ether oxygens (including phenoxy) is 1. The Labute approximate surface area is 228 Å². The first-order valence-electron chi connectivity index (χ1n) is 11.4. The van der Waals surface area contributed by atoms with Crippen LogP contribution in [-0.4, -0.2) is 28.6 Å². The lowest BCUT2D eigenvalue weighted by molar-refractivity contribution is 0.415. The van der Waals surface area contributed by atoms with Gasteiger partial charge in [-0.3, -0.25) is 4.98 Å². The number of thiophene rings is 1. The summed E-state index contributed by atoms with van der Waals surface area (Å²) < 4.78 is 5.32. The van der Waals surface area contributed by atoms with E-state index in [1.807, 2.05) is 24.4 Å². The highest BCUT2D eigenvalue weighted by atomic mass is 35.5. The Morgan fingerprint density at radius 2 is 2.00 bits per heavy atom. The van der Waals surface area contributed by atoms with Gasteiger partial charge >= 0.3 is 0 Å². The van der Waals surface area contributed by atoms with Crippen molar-refractivity contribution in [2.24, 2.45) is 0 Å². The van der Waals surface area contributed by atoms with Gasteiger partial charge in [-0.05, 0) is 34.7 Å². The predicted molar refractivity (Wildman–Crippen MR) is 150 cm³/mol. The molecular formula is C27H22Cl2N6OS. The first-order chi connectivity index (χ1) is 18.1. The molecule has 0 unspecified atom stereocenters. The number of pyridine rings is 1. The van der Waals surface area contributed by atoms with Crippen LogP contribution in [0.15, 0.2) is 60.5 Å². The topological polar surface area (TPSA) is 98.6 Å². The van der Waals surface area contributed by atoms with E-state index in [1.165, 1.54) is 12.0 Å². The van der Waals surface area contributed by atoms with Crippen molar-refractivity contribution in [1.29, 1.82) is 5.26 Å². The molecule has 0 saturated carbocycles. The minimum atomic E-state index is 0.406. The largest absolute Gasteiger partial charge is 0.495 e. The minimum Gasteiger partial charge on any atom is -0.495 e. The molecule has 0 aliphatic carbocycles. The molecule has 10 heteroatoms. The molecule has 0 atom stereocenters. The van der Waals surface area contributed by atoms with Gasteiger partial charge in [-0.15, -0.1) is 11.3 Å². The third-order valence-electron chi connectivity index (χ3n) is 5.89. The van der Waals surface area contributed by atoms with Crippen molar-refractivity contribution in [2.45, 2.75) is 13.0 Å². The Balaban J connectivity index is 1.37. The zero-order valence-corrected chi connectivity index (χ0v) is 22.1. The number of nitriles is 1. The van der Waals surface area contributed by atoms with Crippen molar-refractivity contribution >= 4 is 56.8 Å². The number of aromatic amines is 1. The highest BCUT2D eigenvalue weighted by molar-refractivity contribution is 7.10. The van der Waals surface area contributed by atoms with Crippen LogP contribution >= 0.6 is 34.5 Å². The smallest absolute Gasteiger partial charge is 0.139 e. The summed E-state index contributed by atoms with van der Waals surface area (Å²) in [6.45, 7) is 1.66. The summed E-state index contributed by atoms with van der Waals surface area (Å²) in [5.74, 6) is 0.483. The summed E-state index contributed by atoms with van der Waals surface area (Å²) in [5.41, 5.74) is 5.61. The number of nitrogens with zero attached hydrogens (tertiary/aromatic N) is 3. The van der Waals surface area contributed by atoms with Crippen LogP contribution in [0.3, 0.4) is 0 Å². The van der Waals surface area contributed by atoms with E-state index in [-0.39, 0.29) is 0 Å². The molecule has 3 aromatic heterocycles. The fourth-order valence-electron chi connectivity index (χ4n) is 3.99. The first kappa shape index (κ1) is 25.1. The van der Waals surface area contributed by atoms with E-state index in [0.717, 1.165) is 47.2 Å². The molecule has 2 aromatic carbocycles. The zero-order chi connectivity index (χ0) is 25.8. The highest BCUT2D eigenvalue weighted by Crippen LogP contribution is 2.38. The number of H-pyrrole nitrogens is 1. The number of fused-ring (bicyclic) bond motifs is 1. The first-order valence-corrected chi connectivity index (χ1v) is 13.1. The van der Waals surface area contributed by atoms with Crippen molar-refractivity contribution in [3.05, 3.63) is 86.7 Å². The number of hydrogen-bond acceptors (Lipinski definition) is 7. The Morgan fingerprint density at radius 3 is 2.78 bits per heavy atom. The molecule has 0 saturated heterocycles. The lowest BCUT2D eigenvalue weighted by Crippen LogP contribution is -2.16. The quantitative estimate of drug-likeness (QED) is 0.172. The number of hydrogen-bond donors (Lipinski definition) is 3. The number of methoxy groups -OCH3 is 1. The number of anilines is 2. The lowest BCUT2D eigenvalue weighted by Gasteiger charge is -2.15. The number of imidazole rings is 1. The van der Waals surface area contributed by atoms with Crippen LogP contribution in [0, 0.1) is 11.3 Å². The van der Waals surface area contributed by atoms with Crippen molar-refractivity contribution < 1.29 is 4.74 Å². The van der Waals surface area contributed by atoms with Gasteiger partial charge in [0.2, 0.25) is 0 Å². The van der Waals surface area contributed by atoms with Crippen LogP contribution in [-0.2, 0) is 13.0 Å². The van der Waals surface area contributed by atoms with Crippen LogP contribution in [0.4, 0.5) is 11.4 Å². The van der Waals surface area contributed by atoms with E-state index in [9.17, 15) is 5.26 Å². The molecule has 0 spiro atoms. The van der Waals surface area contributed by atoms with E-state index >= 15 is 0 Å². The fourth-order valence-corrected chi connectivity index (χ4v) is 5.36. The van der Waals surface area contributed by atoms with E-state index in [4.69, 9.17) is 27.9 Å². The molecule has 186 valence electrons. The predicted octanol–water partition coefficient (Wildman–Crippen LogP) is 6.95. The van der Waals surface area contributed by atoms with Gasteiger partial charge in [0.25, 0.3) is 0 Å². The Kier molecular flexibility index (Phi) is 7.58. The SMILES string of the molecule is COc1cc(Nc2c(C#N)cnc3cc(-c4csc(CNCCc5c[nH]cn5)c4)ccc23)c(Cl)cc1Cl.